The van der Waals surface area contributed by atoms with Crippen LogP contribution < -0.4 is 10.6 Å². The van der Waals surface area contributed by atoms with Crippen molar-refractivity contribution >= 4 is 40.8 Å². The van der Waals surface area contributed by atoms with E-state index in [-0.39, 0.29) is 24.2 Å². The fourth-order valence-electron chi connectivity index (χ4n) is 4.15. The molecule has 3 heterocycles. The number of carbonyl (C=O) groups excluding carboxylic acids is 1. The maximum Gasteiger partial charge on any atom is 0.259 e. The van der Waals surface area contributed by atoms with E-state index in [9.17, 15) is 4.79 Å². The molecule has 2 N–H and O–H groups in total. The number of carbonyl (C=O) groups is 1. The largest absolute Gasteiger partial charge is 0.398 e. The van der Waals surface area contributed by atoms with Crippen LogP contribution in [0, 0.1) is 0 Å². The number of rotatable bonds is 3. The predicted molar refractivity (Wildman–Crippen MR) is 116 cm³/mol. The number of halogens is 1. The Hall–Kier alpha value is -2.60. The van der Waals surface area contributed by atoms with Crippen molar-refractivity contribution in [3.63, 3.8) is 0 Å². The second-order valence-electron chi connectivity index (χ2n) is 8.18. The van der Waals surface area contributed by atoms with E-state index in [0.717, 1.165) is 59.4 Å². The van der Waals surface area contributed by atoms with Crippen LogP contribution in [0.2, 0.25) is 0 Å². The van der Waals surface area contributed by atoms with Crippen molar-refractivity contribution in [2.75, 3.05) is 17.2 Å². The van der Waals surface area contributed by atoms with Gasteiger partial charge in [-0.1, -0.05) is 25.1 Å². The summed E-state index contributed by atoms with van der Waals surface area (Å²) in [5.74, 6) is 0.546. The summed E-state index contributed by atoms with van der Waals surface area (Å²) in [7, 11) is 0. The van der Waals surface area contributed by atoms with E-state index in [1.54, 1.807) is 0 Å². The Bertz CT molecular complexity index is 1090. The molecule has 1 amide bonds. The molecule has 0 radical (unpaired) electrons. The van der Waals surface area contributed by atoms with Crippen LogP contribution in [0.25, 0.3) is 11.1 Å². The van der Waals surface area contributed by atoms with Gasteiger partial charge < -0.3 is 15.2 Å². The van der Waals surface area contributed by atoms with Gasteiger partial charge >= 0.3 is 0 Å². The van der Waals surface area contributed by atoms with Crippen molar-refractivity contribution in [2.24, 2.45) is 0 Å². The molecule has 1 fully saturated rings. The molecule has 1 aliphatic carbocycles. The minimum Gasteiger partial charge on any atom is -0.398 e. The van der Waals surface area contributed by atoms with Crippen molar-refractivity contribution in [2.45, 2.75) is 51.4 Å². The van der Waals surface area contributed by atoms with Crippen molar-refractivity contribution < 1.29 is 9.32 Å². The minimum atomic E-state index is -0.0223. The molecule has 0 unspecified atom stereocenters. The minimum absolute atomic E-state index is 0. The first-order valence-corrected chi connectivity index (χ1v) is 10.0. The monoisotopic (exact) mass is 412 g/mol. The highest BCUT2D eigenvalue weighted by Gasteiger charge is 2.32. The summed E-state index contributed by atoms with van der Waals surface area (Å²) in [6.07, 6.45) is 4.02. The number of nitrogen functional groups attached to an aromatic ring is 1. The fourth-order valence-corrected chi connectivity index (χ4v) is 4.15. The summed E-state index contributed by atoms with van der Waals surface area (Å²) in [6.45, 7) is 4.79. The first kappa shape index (κ1) is 19.7. The summed E-state index contributed by atoms with van der Waals surface area (Å²) in [5, 5.41) is 4.98. The molecule has 1 saturated carbocycles. The molecule has 0 saturated heterocycles. The zero-order valence-corrected chi connectivity index (χ0v) is 17.5. The van der Waals surface area contributed by atoms with Gasteiger partial charge in [0.2, 0.25) is 0 Å². The molecular formula is C22H25ClN4O2. The second kappa shape index (κ2) is 7.34. The molecule has 5 rings (SSSR count). The van der Waals surface area contributed by atoms with E-state index in [1.165, 1.54) is 0 Å². The Morgan fingerprint density at radius 2 is 2.10 bits per heavy atom. The van der Waals surface area contributed by atoms with Crippen LogP contribution in [0.3, 0.4) is 0 Å². The lowest BCUT2D eigenvalue weighted by Crippen LogP contribution is -2.36. The third-order valence-corrected chi connectivity index (χ3v) is 5.80. The van der Waals surface area contributed by atoms with Gasteiger partial charge in [0, 0.05) is 29.5 Å². The third-order valence-electron chi connectivity index (χ3n) is 5.80. The van der Waals surface area contributed by atoms with Gasteiger partial charge in [-0.2, -0.15) is 0 Å². The van der Waals surface area contributed by atoms with Crippen molar-refractivity contribution in [1.82, 2.24) is 10.1 Å². The zero-order chi connectivity index (χ0) is 19.4. The van der Waals surface area contributed by atoms with Crippen molar-refractivity contribution in [3.05, 3.63) is 46.8 Å². The van der Waals surface area contributed by atoms with E-state index in [2.05, 4.69) is 24.0 Å². The van der Waals surface area contributed by atoms with Crippen molar-refractivity contribution in [3.8, 4) is 0 Å². The van der Waals surface area contributed by atoms with Gasteiger partial charge in [0.05, 0.1) is 16.6 Å². The summed E-state index contributed by atoms with van der Waals surface area (Å²) in [4.78, 5) is 20.3. The number of anilines is 2. The average Bonchev–Trinajstić information content (AvgIpc) is 3.45. The van der Waals surface area contributed by atoms with E-state index < -0.39 is 0 Å². The normalized spacial score (nSPS) is 16.0. The van der Waals surface area contributed by atoms with Crippen LogP contribution >= 0.6 is 12.4 Å². The summed E-state index contributed by atoms with van der Waals surface area (Å²) in [6, 6.07) is 7.77. The van der Waals surface area contributed by atoms with Gasteiger partial charge in [0.15, 0.2) is 0 Å². The Morgan fingerprint density at radius 1 is 1.31 bits per heavy atom. The molecular weight excluding hydrogens is 388 g/mol. The molecule has 2 aliphatic rings. The summed E-state index contributed by atoms with van der Waals surface area (Å²) >= 11 is 0. The van der Waals surface area contributed by atoms with Gasteiger partial charge in [-0.25, -0.2) is 4.98 Å². The maximum atomic E-state index is 13.7. The molecule has 0 bridgehead atoms. The van der Waals surface area contributed by atoms with Crippen LogP contribution in [0.1, 0.15) is 72.3 Å². The molecule has 152 valence electrons. The number of pyridine rings is 1. The van der Waals surface area contributed by atoms with E-state index >= 15 is 0 Å². The molecule has 1 aliphatic heterocycles. The predicted octanol–water partition coefficient (Wildman–Crippen LogP) is 4.82. The van der Waals surface area contributed by atoms with Gasteiger partial charge in [-0.15, -0.1) is 12.4 Å². The van der Waals surface area contributed by atoms with E-state index in [0.29, 0.717) is 23.7 Å². The summed E-state index contributed by atoms with van der Waals surface area (Å²) < 4.78 is 5.54. The smallest absolute Gasteiger partial charge is 0.259 e. The number of aromatic nitrogens is 2. The van der Waals surface area contributed by atoms with Gasteiger partial charge in [-0.05, 0) is 55.4 Å². The number of fused-ring (bicyclic) bond motifs is 2. The van der Waals surface area contributed by atoms with E-state index in [4.69, 9.17) is 10.3 Å². The molecule has 0 atom stereocenters. The topological polar surface area (TPSA) is 85.2 Å². The summed E-state index contributed by atoms with van der Waals surface area (Å²) in [5.41, 5.74) is 11.7. The van der Waals surface area contributed by atoms with Crippen LogP contribution in [0.4, 0.5) is 11.4 Å². The molecule has 1 aromatic carbocycles. The molecule has 29 heavy (non-hydrogen) atoms. The highest BCUT2D eigenvalue weighted by molar-refractivity contribution is 6.14. The van der Waals surface area contributed by atoms with Crippen LogP contribution in [-0.2, 0) is 6.42 Å². The molecule has 3 aromatic rings. The number of nitrogens with two attached hydrogens (primary N) is 1. The van der Waals surface area contributed by atoms with Gasteiger partial charge in [0.25, 0.3) is 11.6 Å². The maximum absolute atomic E-state index is 13.7. The quantitative estimate of drug-likeness (QED) is 0.623. The van der Waals surface area contributed by atoms with Crippen molar-refractivity contribution in [1.29, 1.82) is 0 Å². The van der Waals surface area contributed by atoms with Crippen LogP contribution in [-0.4, -0.2) is 22.6 Å². The molecule has 0 spiro atoms. The van der Waals surface area contributed by atoms with E-state index in [1.807, 2.05) is 29.2 Å². The molecule has 6 nitrogen and oxygen atoms in total. The zero-order valence-electron chi connectivity index (χ0n) is 16.6. The highest BCUT2D eigenvalue weighted by Crippen LogP contribution is 2.41. The lowest BCUT2D eigenvalue weighted by Gasteiger charge is -2.30. The van der Waals surface area contributed by atoms with Gasteiger partial charge in [0.1, 0.15) is 0 Å². The van der Waals surface area contributed by atoms with Crippen LogP contribution in [0.5, 0.6) is 0 Å². The standard InChI is InChI=1S/C22H24N4O2.ClH/c1-12(2)20-19-15(11-17(13-8-9-13)24-21(19)28-25-20)22(27)26-10-4-5-14-16(23)6-3-7-18(14)26;/h3,6-7,11-13H,4-5,8-10,23H2,1-2H3;1H. The third kappa shape index (κ3) is 3.25. The Kier molecular flexibility index (Phi) is 4.99. The lowest BCUT2D eigenvalue weighted by atomic mass is 9.97. The SMILES string of the molecule is CC(C)c1noc2nc(C3CC3)cc(C(=O)N3CCCc4c(N)cccc43)c12.Cl. The first-order chi connectivity index (χ1) is 13.5. The van der Waals surface area contributed by atoms with Crippen LogP contribution in [0.15, 0.2) is 28.8 Å². The number of benzene rings is 1. The number of hydrogen-bond acceptors (Lipinski definition) is 5. The fraction of sp³-hybridized carbons (Fsp3) is 0.409. The van der Waals surface area contributed by atoms with Gasteiger partial charge in [-0.3, -0.25) is 4.79 Å². The molecule has 2 aromatic heterocycles. The Balaban J connectivity index is 0.00000205. The first-order valence-electron chi connectivity index (χ1n) is 10.0. The number of nitrogens with zero attached hydrogens (tertiary/aromatic N) is 3. The number of amides is 1. The lowest BCUT2D eigenvalue weighted by molar-refractivity contribution is 0.0986. The Morgan fingerprint density at radius 3 is 2.83 bits per heavy atom. The molecule has 7 heteroatoms. The average molecular weight is 413 g/mol. The highest BCUT2D eigenvalue weighted by atomic mass is 35.5. The number of hydrogen-bond donors (Lipinski definition) is 1. The second-order valence-corrected chi connectivity index (χ2v) is 8.18. The Labute approximate surface area is 175 Å².